The van der Waals surface area contributed by atoms with Crippen LogP contribution in [0.15, 0.2) is 12.3 Å². The maximum Gasteiger partial charge on any atom is 0.225 e. The molecule has 0 bridgehead atoms. The third-order valence-corrected chi connectivity index (χ3v) is 1.54. The standard InChI is InChI=1S/C7H6ClNO2/c1-11-7-5(4-10)6(8)2-3-9-7/h2-4H,1H3. The highest BCUT2D eigenvalue weighted by atomic mass is 35.5. The number of hydrogen-bond donors (Lipinski definition) is 0. The van der Waals surface area contributed by atoms with E-state index in [-0.39, 0.29) is 11.4 Å². The van der Waals surface area contributed by atoms with Gasteiger partial charge < -0.3 is 4.74 Å². The number of carbonyl (C=O) groups is 1. The summed E-state index contributed by atoms with van der Waals surface area (Å²) in [5, 5.41) is 0.354. The summed E-state index contributed by atoms with van der Waals surface area (Å²) in [6.45, 7) is 0. The van der Waals surface area contributed by atoms with Crippen LogP contribution in [0.1, 0.15) is 10.4 Å². The van der Waals surface area contributed by atoms with Crippen LogP contribution in [0.2, 0.25) is 5.02 Å². The topological polar surface area (TPSA) is 39.2 Å². The van der Waals surface area contributed by atoms with Crippen LogP contribution < -0.4 is 4.74 Å². The molecule has 0 unspecified atom stereocenters. The van der Waals surface area contributed by atoms with Crippen molar-refractivity contribution in [3.8, 4) is 5.88 Å². The van der Waals surface area contributed by atoms with Crippen LogP contribution in [0.3, 0.4) is 0 Å². The summed E-state index contributed by atoms with van der Waals surface area (Å²) < 4.78 is 4.79. The Morgan fingerprint density at radius 1 is 1.73 bits per heavy atom. The highest BCUT2D eigenvalue weighted by molar-refractivity contribution is 6.33. The minimum atomic E-state index is 0.257. The van der Waals surface area contributed by atoms with Gasteiger partial charge in [-0.25, -0.2) is 4.98 Å². The molecule has 0 aliphatic carbocycles. The Kier molecular flexibility index (Phi) is 2.44. The number of aromatic nitrogens is 1. The van der Waals surface area contributed by atoms with Crippen molar-refractivity contribution in [1.82, 2.24) is 4.98 Å². The Morgan fingerprint density at radius 3 is 2.91 bits per heavy atom. The van der Waals surface area contributed by atoms with Gasteiger partial charge in [0.2, 0.25) is 5.88 Å². The number of methoxy groups -OCH3 is 1. The van der Waals surface area contributed by atoms with E-state index in [1.807, 2.05) is 0 Å². The van der Waals surface area contributed by atoms with Crippen LogP contribution in [0.25, 0.3) is 0 Å². The maximum absolute atomic E-state index is 10.4. The number of carbonyl (C=O) groups excluding carboxylic acids is 1. The van der Waals surface area contributed by atoms with E-state index in [1.54, 1.807) is 0 Å². The maximum atomic E-state index is 10.4. The molecule has 0 fully saturated rings. The molecule has 1 rings (SSSR count). The predicted octanol–water partition coefficient (Wildman–Crippen LogP) is 1.56. The van der Waals surface area contributed by atoms with Crippen LogP contribution in [0.5, 0.6) is 5.88 Å². The van der Waals surface area contributed by atoms with E-state index in [0.717, 1.165) is 0 Å². The summed E-state index contributed by atoms with van der Waals surface area (Å²) in [5.74, 6) is 0.257. The largest absolute Gasteiger partial charge is 0.480 e. The molecule has 58 valence electrons. The van der Waals surface area contributed by atoms with E-state index in [0.29, 0.717) is 11.3 Å². The molecule has 0 atom stereocenters. The lowest BCUT2D eigenvalue weighted by Crippen LogP contribution is -1.93. The molecule has 0 spiro atoms. The molecule has 11 heavy (non-hydrogen) atoms. The van der Waals surface area contributed by atoms with Gasteiger partial charge in [0.05, 0.1) is 17.7 Å². The summed E-state index contributed by atoms with van der Waals surface area (Å²) in [4.78, 5) is 14.2. The lowest BCUT2D eigenvalue weighted by molar-refractivity contribution is 0.112. The van der Waals surface area contributed by atoms with Gasteiger partial charge in [-0.2, -0.15) is 0 Å². The van der Waals surface area contributed by atoms with Crippen molar-refractivity contribution < 1.29 is 9.53 Å². The van der Waals surface area contributed by atoms with Gasteiger partial charge in [-0.15, -0.1) is 0 Å². The third kappa shape index (κ3) is 1.49. The lowest BCUT2D eigenvalue weighted by atomic mass is 10.3. The molecule has 1 heterocycles. The van der Waals surface area contributed by atoms with E-state index in [2.05, 4.69) is 4.98 Å². The first-order valence-electron chi connectivity index (χ1n) is 2.93. The zero-order chi connectivity index (χ0) is 8.27. The molecule has 1 aromatic rings. The molecule has 0 saturated carbocycles. The van der Waals surface area contributed by atoms with Gasteiger partial charge in [-0.3, -0.25) is 4.79 Å². The van der Waals surface area contributed by atoms with E-state index < -0.39 is 0 Å². The highest BCUT2D eigenvalue weighted by Crippen LogP contribution is 2.20. The van der Waals surface area contributed by atoms with E-state index in [4.69, 9.17) is 16.3 Å². The van der Waals surface area contributed by atoms with Gasteiger partial charge >= 0.3 is 0 Å². The van der Waals surface area contributed by atoms with Gasteiger partial charge in [-0.05, 0) is 6.07 Å². The molecular weight excluding hydrogens is 166 g/mol. The molecule has 0 aromatic carbocycles. The second-order valence-corrected chi connectivity index (χ2v) is 2.24. The van der Waals surface area contributed by atoms with Crippen LogP contribution in [-0.2, 0) is 0 Å². The van der Waals surface area contributed by atoms with Gasteiger partial charge in [-0.1, -0.05) is 11.6 Å². The molecule has 3 nitrogen and oxygen atoms in total. The number of nitrogens with zero attached hydrogens (tertiary/aromatic N) is 1. The molecular formula is C7H6ClNO2. The second kappa shape index (κ2) is 3.34. The Balaban J connectivity index is 3.24. The zero-order valence-corrected chi connectivity index (χ0v) is 6.63. The number of pyridine rings is 1. The number of hydrogen-bond acceptors (Lipinski definition) is 3. The fourth-order valence-electron chi connectivity index (χ4n) is 0.701. The first kappa shape index (κ1) is 8.01. The van der Waals surface area contributed by atoms with E-state index in [9.17, 15) is 4.79 Å². The first-order valence-corrected chi connectivity index (χ1v) is 3.31. The number of ether oxygens (including phenoxy) is 1. The average Bonchev–Trinajstić information content (AvgIpc) is 2.04. The van der Waals surface area contributed by atoms with Gasteiger partial charge in [0.15, 0.2) is 6.29 Å². The SMILES string of the molecule is COc1nccc(Cl)c1C=O. The van der Waals surface area contributed by atoms with E-state index >= 15 is 0 Å². The number of aldehydes is 1. The average molecular weight is 172 g/mol. The van der Waals surface area contributed by atoms with Crippen LogP contribution in [-0.4, -0.2) is 18.4 Å². The number of halogens is 1. The van der Waals surface area contributed by atoms with Crippen molar-refractivity contribution in [3.63, 3.8) is 0 Å². The molecule has 1 aromatic heterocycles. The summed E-state index contributed by atoms with van der Waals surface area (Å²) in [6, 6.07) is 1.54. The van der Waals surface area contributed by atoms with Crippen molar-refractivity contribution >= 4 is 17.9 Å². The highest BCUT2D eigenvalue weighted by Gasteiger charge is 2.06. The minimum absolute atomic E-state index is 0.257. The van der Waals surface area contributed by atoms with Crippen LogP contribution in [0, 0.1) is 0 Å². The lowest BCUT2D eigenvalue weighted by Gasteiger charge is -2.01. The third-order valence-electron chi connectivity index (χ3n) is 1.21. The van der Waals surface area contributed by atoms with Crippen LogP contribution in [0.4, 0.5) is 0 Å². The number of rotatable bonds is 2. The van der Waals surface area contributed by atoms with Crippen molar-refractivity contribution in [1.29, 1.82) is 0 Å². The molecule has 0 N–H and O–H groups in total. The van der Waals surface area contributed by atoms with Crippen molar-refractivity contribution in [3.05, 3.63) is 22.8 Å². The molecule has 0 radical (unpaired) electrons. The van der Waals surface area contributed by atoms with E-state index in [1.165, 1.54) is 19.4 Å². The van der Waals surface area contributed by atoms with Gasteiger partial charge in [0, 0.05) is 6.20 Å². The summed E-state index contributed by atoms with van der Waals surface area (Å²) in [6.07, 6.45) is 2.10. The minimum Gasteiger partial charge on any atom is -0.480 e. The second-order valence-electron chi connectivity index (χ2n) is 1.83. The van der Waals surface area contributed by atoms with Gasteiger partial charge in [0.1, 0.15) is 0 Å². The zero-order valence-electron chi connectivity index (χ0n) is 5.87. The smallest absolute Gasteiger partial charge is 0.225 e. The molecule has 0 aliphatic rings. The normalized spacial score (nSPS) is 9.27. The summed E-state index contributed by atoms with van der Waals surface area (Å²) >= 11 is 5.66. The molecule has 0 saturated heterocycles. The van der Waals surface area contributed by atoms with Crippen molar-refractivity contribution in [2.45, 2.75) is 0 Å². The predicted molar refractivity (Wildman–Crippen MR) is 41.2 cm³/mol. The summed E-state index contributed by atoms with van der Waals surface area (Å²) in [7, 11) is 1.44. The Morgan fingerprint density at radius 2 is 2.45 bits per heavy atom. The molecule has 0 aliphatic heterocycles. The quantitative estimate of drug-likeness (QED) is 0.634. The van der Waals surface area contributed by atoms with Crippen molar-refractivity contribution in [2.24, 2.45) is 0 Å². The van der Waals surface area contributed by atoms with Gasteiger partial charge in [0.25, 0.3) is 0 Å². The van der Waals surface area contributed by atoms with Crippen LogP contribution >= 0.6 is 11.6 Å². The Hall–Kier alpha value is -1.09. The van der Waals surface area contributed by atoms with Crippen molar-refractivity contribution in [2.75, 3.05) is 7.11 Å². The molecule has 0 amide bonds. The fraction of sp³-hybridized carbons (Fsp3) is 0.143. The Bertz CT molecular complexity index is 275. The Labute approximate surface area is 69.0 Å². The fourth-order valence-corrected chi connectivity index (χ4v) is 0.883. The molecule has 4 heteroatoms. The summed E-state index contributed by atoms with van der Waals surface area (Å²) in [5.41, 5.74) is 0.289. The monoisotopic (exact) mass is 171 g/mol. The first-order chi connectivity index (χ1) is 5.29.